The minimum Gasteiger partial charge on any atom is -0.371 e. The number of nitrogens with zero attached hydrogens (tertiary/aromatic N) is 4. The molecule has 0 aliphatic heterocycles. The van der Waals surface area contributed by atoms with E-state index in [1.54, 1.807) is 29.9 Å². The molecule has 1 atom stereocenters. The minimum absolute atomic E-state index is 0.181. The van der Waals surface area contributed by atoms with Crippen molar-refractivity contribution < 1.29 is 9.72 Å². The largest absolute Gasteiger partial charge is 0.371 e. The highest BCUT2D eigenvalue weighted by molar-refractivity contribution is 7.71. The lowest BCUT2D eigenvalue weighted by Crippen LogP contribution is -2.26. The van der Waals surface area contributed by atoms with E-state index in [1.807, 2.05) is 19.1 Å². The summed E-state index contributed by atoms with van der Waals surface area (Å²) >= 11 is 5.05. The first-order valence-electron chi connectivity index (χ1n) is 9.21. The maximum absolute atomic E-state index is 12.4. The van der Waals surface area contributed by atoms with Crippen LogP contribution in [0.2, 0.25) is 0 Å². The van der Waals surface area contributed by atoms with Crippen LogP contribution in [0.25, 0.3) is 0 Å². The number of nitrogens with one attached hydrogen (secondary N) is 3. The second-order valence-electron chi connectivity index (χ2n) is 6.62. The molecule has 0 aliphatic rings. The van der Waals surface area contributed by atoms with Crippen LogP contribution in [0, 0.1) is 14.9 Å². The molecule has 0 radical (unpaired) electrons. The van der Waals surface area contributed by atoms with Gasteiger partial charge in [-0.05, 0) is 43.4 Å². The predicted octanol–water partition coefficient (Wildman–Crippen LogP) is 2.93. The van der Waals surface area contributed by atoms with Crippen molar-refractivity contribution in [3.63, 3.8) is 0 Å². The van der Waals surface area contributed by atoms with Crippen LogP contribution in [-0.4, -0.2) is 37.1 Å². The molecule has 3 aromatic rings. The summed E-state index contributed by atoms with van der Waals surface area (Å²) in [5, 5.41) is 24.1. The number of anilines is 1. The van der Waals surface area contributed by atoms with Gasteiger partial charge >= 0.3 is 0 Å². The normalized spacial score (nSPS) is 11.7. The molecular formula is C19H21N7O3S. The number of pyridine rings is 1. The number of carbonyl (C=O) groups excluding carboxylic acids is 1. The van der Waals surface area contributed by atoms with Gasteiger partial charge in [0.25, 0.3) is 11.6 Å². The van der Waals surface area contributed by atoms with Crippen molar-refractivity contribution in [2.45, 2.75) is 19.4 Å². The monoisotopic (exact) mass is 427 g/mol. The summed E-state index contributed by atoms with van der Waals surface area (Å²) in [5.74, 6) is 0.300. The standard InChI is InChI=1S/C19H21N7O3S/c1-12(14-5-3-4-9-20-14)22-15-7-6-13(11-16(15)26(28)29)18(27)21-10-8-17-23-24-19(30)25(17)2/h3-7,9,11-12,22H,8,10H2,1-2H3,(H,21,27)(H,24,30). The van der Waals surface area contributed by atoms with Gasteiger partial charge < -0.3 is 15.2 Å². The number of aromatic nitrogens is 4. The molecule has 0 aliphatic carbocycles. The van der Waals surface area contributed by atoms with Crippen LogP contribution in [-0.2, 0) is 13.5 Å². The molecule has 1 unspecified atom stereocenters. The Balaban J connectivity index is 1.69. The minimum atomic E-state index is -0.515. The number of benzene rings is 1. The molecule has 3 N–H and O–H groups in total. The Labute approximate surface area is 177 Å². The second kappa shape index (κ2) is 9.27. The molecule has 1 amide bonds. The number of aromatic amines is 1. The van der Waals surface area contributed by atoms with E-state index in [1.165, 1.54) is 12.1 Å². The molecule has 1 aromatic carbocycles. The number of nitro benzene ring substituents is 1. The molecule has 0 spiro atoms. The number of nitro groups is 1. The smallest absolute Gasteiger partial charge is 0.293 e. The summed E-state index contributed by atoms with van der Waals surface area (Å²) in [5.41, 5.74) is 1.09. The third kappa shape index (κ3) is 4.87. The summed E-state index contributed by atoms with van der Waals surface area (Å²) in [6, 6.07) is 9.58. The van der Waals surface area contributed by atoms with Gasteiger partial charge in [0.05, 0.1) is 16.7 Å². The molecule has 0 saturated heterocycles. The molecule has 11 heteroatoms. The summed E-state index contributed by atoms with van der Waals surface area (Å²) in [7, 11) is 1.78. The van der Waals surface area contributed by atoms with Crippen LogP contribution < -0.4 is 10.6 Å². The van der Waals surface area contributed by atoms with Crippen LogP contribution in [0.3, 0.4) is 0 Å². The van der Waals surface area contributed by atoms with Gasteiger partial charge in [0.2, 0.25) is 0 Å². The SMILES string of the molecule is CC(Nc1ccc(C(=O)NCCc2n[nH]c(=S)n2C)cc1[N+](=O)[O-])c1ccccn1. The lowest BCUT2D eigenvalue weighted by atomic mass is 10.1. The van der Waals surface area contributed by atoms with E-state index in [-0.39, 0.29) is 17.3 Å². The van der Waals surface area contributed by atoms with Crippen molar-refractivity contribution in [2.24, 2.45) is 7.05 Å². The number of rotatable bonds is 8. The molecule has 10 nitrogen and oxygen atoms in total. The number of hydrogen-bond donors (Lipinski definition) is 3. The molecule has 3 rings (SSSR count). The maximum Gasteiger partial charge on any atom is 0.293 e. The fourth-order valence-corrected chi connectivity index (χ4v) is 3.03. The van der Waals surface area contributed by atoms with Gasteiger partial charge in [-0.1, -0.05) is 6.07 Å². The fourth-order valence-electron chi connectivity index (χ4n) is 2.88. The van der Waals surface area contributed by atoms with Gasteiger partial charge in [-0.3, -0.25) is 25.0 Å². The number of carbonyl (C=O) groups is 1. The lowest BCUT2D eigenvalue weighted by molar-refractivity contribution is -0.384. The Bertz CT molecular complexity index is 1110. The zero-order valence-corrected chi connectivity index (χ0v) is 17.3. The Morgan fingerprint density at radius 1 is 1.37 bits per heavy atom. The molecule has 2 heterocycles. The zero-order valence-electron chi connectivity index (χ0n) is 16.5. The van der Waals surface area contributed by atoms with Gasteiger partial charge in [0.1, 0.15) is 11.5 Å². The Kier molecular flexibility index (Phi) is 6.52. The summed E-state index contributed by atoms with van der Waals surface area (Å²) in [6.45, 7) is 2.17. The maximum atomic E-state index is 12.4. The second-order valence-corrected chi connectivity index (χ2v) is 7.01. The molecule has 2 aromatic heterocycles. The van der Waals surface area contributed by atoms with E-state index in [2.05, 4.69) is 25.8 Å². The van der Waals surface area contributed by atoms with Crippen molar-refractivity contribution in [2.75, 3.05) is 11.9 Å². The van der Waals surface area contributed by atoms with Gasteiger partial charge in [-0.15, -0.1) is 0 Å². The van der Waals surface area contributed by atoms with Crippen molar-refractivity contribution in [3.8, 4) is 0 Å². The third-order valence-corrected chi connectivity index (χ3v) is 4.93. The quantitative estimate of drug-likeness (QED) is 0.286. The highest BCUT2D eigenvalue weighted by atomic mass is 32.1. The van der Waals surface area contributed by atoms with Gasteiger partial charge in [0.15, 0.2) is 4.77 Å². The molecule has 0 fully saturated rings. The first-order valence-corrected chi connectivity index (χ1v) is 9.62. The van der Waals surface area contributed by atoms with Crippen LogP contribution >= 0.6 is 12.2 Å². The Morgan fingerprint density at radius 2 is 2.17 bits per heavy atom. The first-order chi connectivity index (χ1) is 14.4. The number of hydrogen-bond acceptors (Lipinski definition) is 7. The van der Waals surface area contributed by atoms with E-state index in [0.717, 1.165) is 5.69 Å². The van der Waals surface area contributed by atoms with E-state index in [9.17, 15) is 14.9 Å². The molecule has 156 valence electrons. The van der Waals surface area contributed by atoms with Gasteiger partial charge in [-0.2, -0.15) is 5.10 Å². The number of H-pyrrole nitrogens is 1. The Morgan fingerprint density at radius 3 is 2.80 bits per heavy atom. The van der Waals surface area contributed by atoms with Crippen LogP contribution in [0.1, 0.15) is 34.8 Å². The van der Waals surface area contributed by atoms with Gasteiger partial charge in [-0.25, -0.2) is 0 Å². The molecule has 0 bridgehead atoms. The average molecular weight is 427 g/mol. The summed E-state index contributed by atoms with van der Waals surface area (Å²) < 4.78 is 2.21. The third-order valence-electron chi connectivity index (χ3n) is 4.57. The van der Waals surface area contributed by atoms with Crippen molar-refractivity contribution in [3.05, 3.63) is 74.6 Å². The van der Waals surface area contributed by atoms with E-state index < -0.39 is 10.8 Å². The van der Waals surface area contributed by atoms with Crippen molar-refractivity contribution >= 4 is 29.5 Å². The molecule has 30 heavy (non-hydrogen) atoms. The van der Waals surface area contributed by atoms with Crippen LogP contribution in [0.5, 0.6) is 0 Å². The predicted molar refractivity (Wildman–Crippen MR) is 114 cm³/mol. The zero-order chi connectivity index (χ0) is 21.7. The van der Waals surface area contributed by atoms with Crippen molar-refractivity contribution in [1.29, 1.82) is 0 Å². The van der Waals surface area contributed by atoms with Crippen LogP contribution in [0.4, 0.5) is 11.4 Å². The number of amides is 1. The van der Waals surface area contributed by atoms with Gasteiger partial charge in [0, 0.05) is 37.8 Å². The van der Waals surface area contributed by atoms with Crippen LogP contribution in [0.15, 0.2) is 42.6 Å². The molecular weight excluding hydrogens is 406 g/mol. The fraction of sp³-hybridized carbons (Fsp3) is 0.263. The van der Waals surface area contributed by atoms with E-state index >= 15 is 0 Å². The highest BCUT2D eigenvalue weighted by Gasteiger charge is 2.19. The van der Waals surface area contributed by atoms with E-state index in [0.29, 0.717) is 29.2 Å². The Hall–Kier alpha value is -3.60. The van der Waals surface area contributed by atoms with Crippen molar-refractivity contribution in [1.82, 2.24) is 25.1 Å². The average Bonchev–Trinajstić information content (AvgIpc) is 3.06. The van der Waals surface area contributed by atoms with E-state index in [4.69, 9.17) is 12.2 Å². The lowest BCUT2D eigenvalue weighted by Gasteiger charge is -2.15. The topological polar surface area (TPSA) is 131 Å². The molecule has 0 saturated carbocycles. The summed E-state index contributed by atoms with van der Waals surface area (Å²) in [4.78, 5) is 27.7. The first kappa shape index (κ1) is 21.1. The summed E-state index contributed by atoms with van der Waals surface area (Å²) in [6.07, 6.45) is 2.13. The highest BCUT2D eigenvalue weighted by Crippen LogP contribution is 2.28.